The monoisotopic (exact) mass is 264 g/mol. The van der Waals surface area contributed by atoms with Crippen molar-refractivity contribution in [2.45, 2.75) is 39.3 Å². The second-order valence-corrected chi connectivity index (χ2v) is 5.26. The Morgan fingerprint density at radius 2 is 2.11 bits per heavy atom. The number of carbonyl (C=O) groups excluding carboxylic acids is 1. The number of nitrogens with zero attached hydrogens (tertiary/aromatic N) is 1. The van der Waals surface area contributed by atoms with Crippen LogP contribution in [-0.2, 0) is 4.79 Å². The molecule has 0 radical (unpaired) electrons. The third-order valence-electron chi connectivity index (χ3n) is 2.23. The average molecular weight is 264 g/mol. The maximum atomic E-state index is 13.6. The first-order valence-corrected chi connectivity index (χ1v) is 5.91. The number of nitriles is 1. The molecular weight excluding hydrogens is 247 g/mol. The average Bonchev–Trinajstić information content (AvgIpc) is 2.29. The summed E-state index contributed by atoms with van der Waals surface area (Å²) < 4.78 is 18.8. The molecule has 0 aliphatic rings. The number of hydrogen-bond acceptors (Lipinski definition) is 3. The maximum Gasteiger partial charge on any atom is 0.261 e. The maximum absolute atomic E-state index is 13.6. The van der Waals surface area contributed by atoms with E-state index in [1.165, 1.54) is 12.1 Å². The van der Waals surface area contributed by atoms with Crippen molar-refractivity contribution in [2.24, 2.45) is 0 Å². The van der Waals surface area contributed by atoms with Crippen LogP contribution in [0.5, 0.6) is 5.75 Å². The minimum atomic E-state index is -0.818. The summed E-state index contributed by atoms with van der Waals surface area (Å²) in [6.07, 6.45) is -0.818. The van der Waals surface area contributed by atoms with Crippen molar-refractivity contribution in [1.29, 1.82) is 5.26 Å². The molecule has 19 heavy (non-hydrogen) atoms. The van der Waals surface area contributed by atoms with Gasteiger partial charge < -0.3 is 10.1 Å². The molecule has 5 heteroatoms. The van der Waals surface area contributed by atoms with Crippen LogP contribution in [0.2, 0.25) is 0 Å². The molecule has 4 nitrogen and oxygen atoms in total. The number of rotatable bonds is 3. The summed E-state index contributed by atoms with van der Waals surface area (Å²) in [5.74, 6) is -1.03. The fourth-order valence-corrected chi connectivity index (χ4v) is 1.38. The minimum Gasteiger partial charge on any atom is -0.478 e. The molecule has 0 fully saturated rings. The fourth-order valence-electron chi connectivity index (χ4n) is 1.38. The minimum absolute atomic E-state index is 0.0458. The molecule has 1 aromatic rings. The molecule has 1 amide bonds. The lowest BCUT2D eigenvalue weighted by molar-refractivity contribution is -0.128. The molecule has 0 aliphatic carbocycles. The zero-order valence-corrected chi connectivity index (χ0v) is 11.5. The quantitative estimate of drug-likeness (QED) is 0.911. The number of hydrogen-bond donors (Lipinski definition) is 1. The van der Waals surface area contributed by atoms with Gasteiger partial charge in [0.05, 0.1) is 11.6 Å². The molecule has 1 unspecified atom stereocenters. The van der Waals surface area contributed by atoms with Crippen LogP contribution in [0.4, 0.5) is 4.39 Å². The number of benzene rings is 1. The van der Waals surface area contributed by atoms with Crippen molar-refractivity contribution in [2.75, 3.05) is 0 Å². The van der Waals surface area contributed by atoms with E-state index in [0.717, 1.165) is 6.07 Å². The number of nitrogens with one attached hydrogen (secondary N) is 1. The number of amides is 1. The van der Waals surface area contributed by atoms with Gasteiger partial charge in [0, 0.05) is 5.54 Å². The Kier molecular flexibility index (Phi) is 4.49. The number of ether oxygens (including phenoxy) is 1. The Morgan fingerprint density at radius 3 is 2.58 bits per heavy atom. The van der Waals surface area contributed by atoms with E-state index in [0.29, 0.717) is 0 Å². The van der Waals surface area contributed by atoms with Crippen LogP contribution >= 0.6 is 0 Å². The Balaban J connectivity index is 2.75. The molecule has 0 aliphatic heterocycles. The molecule has 0 saturated carbocycles. The summed E-state index contributed by atoms with van der Waals surface area (Å²) in [5.41, 5.74) is -0.172. The van der Waals surface area contributed by atoms with Gasteiger partial charge in [-0.15, -0.1) is 0 Å². The van der Waals surface area contributed by atoms with Crippen molar-refractivity contribution in [3.63, 3.8) is 0 Å². The Labute approximate surface area is 112 Å². The van der Waals surface area contributed by atoms with E-state index in [2.05, 4.69) is 5.32 Å². The van der Waals surface area contributed by atoms with Crippen LogP contribution in [0, 0.1) is 17.1 Å². The molecule has 1 aromatic carbocycles. The fraction of sp³-hybridized carbons (Fsp3) is 0.429. The van der Waals surface area contributed by atoms with Gasteiger partial charge in [-0.2, -0.15) is 5.26 Å². The second kappa shape index (κ2) is 5.70. The van der Waals surface area contributed by atoms with Gasteiger partial charge in [-0.1, -0.05) is 0 Å². The predicted molar refractivity (Wildman–Crippen MR) is 69.1 cm³/mol. The first-order valence-electron chi connectivity index (χ1n) is 5.91. The Morgan fingerprint density at radius 1 is 1.47 bits per heavy atom. The topological polar surface area (TPSA) is 62.1 Å². The standard InChI is InChI=1S/C14H17FN2O2/c1-9(13(18)17-14(2,3)4)19-12-6-5-10(8-16)7-11(12)15/h5-7,9H,1-4H3,(H,17,18). The van der Waals surface area contributed by atoms with Gasteiger partial charge in [-0.05, 0) is 45.9 Å². The summed E-state index contributed by atoms with van der Waals surface area (Å²) in [6, 6.07) is 5.68. The van der Waals surface area contributed by atoms with Crippen molar-refractivity contribution in [3.8, 4) is 11.8 Å². The largest absolute Gasteiger partial charge is 0.478 e. The summed E-state index contributed by atoms with van der Waals surface area (Å²) in [4.78, 5) is 11.8. The molecule has 1 atom stereocenters. The van der Waals surface area contributed by atoms with E-state index in [-0.39, 0.29) is 22.8 Å². The van der Waals surface area contributed by atoms with Crippen LogP contribution in [0.15, 0.2) is 18.2 Å². The summed E-state index contributed by atoms with van der Waals surface area (Å²) in [7, 11) is 0. The lowest BCUT2D eigenvalue weighted by Crippen LogP contribution is -2.46. The van der Waals surface area contributed by atoms with Gasteiger partial charge in [0.2, 0.25) is 0 Å². The van der Waals surface area contributed by atoms with Gasteiger partial charge in [0.25, 0.3) is 5.91 Å². The lowest BCUT2D eigenvalue weighted by atomic mass is 10.1. The van der Waals surface area contributed by atoms with Crippen LogP contribution in [-0.4, -0.2) is 17.6 Å². The van der Waals surface area contributed by atoms with Gasteiger partial charge in [-0.25, -0.2) is 4.39 Å². The first-order chi connectivity index (χ1) is 8.73. The van der Waals surface area contributed by atoms with Gasteiger partial charge >= 0.3 is 0 Å². The summed E-state index contributed by atoms with van der Waals surface area (Å²) in [5, 5.41) is 11.4. The molecule has 0 aromatic heterocycles. The van der Waals surface area contributed by atoms with Crippen LogP contribution in [0.1, 0.15) is 33.3 Å². The van der Waals surface area contributed by atoms with E-state index in [1.54, 1.807) is 6.92 Å². The lowest BCUT2D eigenvalue weighted by Gasteiger charge is -2.23. The number of halogens is 1. The van der Waals surface area contributed by atoms with Crippen LogP contribution in [0.3, 0.4) is 0 Å². The van der Waals surface area contributed by atoms with Gasteiger partial charge in [0.15, 0.2) is 17.7 Å². The molecule has 0 saturated heterocycles. The highest BCUT2D eigenvalue weighted by Gasteiger charge is 2.21. The van der Waals surface area contributed by atoms with E-state index < -0.39 is 11.9 Å². The zero-order valence-electron chi connectivity index (χ0n) is 11.5. The van der Waals surface area contributed by atoms with Crippen molar-refractivity contribution >= 4 is 5.91 Å². The van der Waals surface area contributed by atoms with E-state index in [9.17, 15) is 9.18 Å². The summed E-state index contributed by atoms with van der Waals surface area (Å²) in [6.45, 7) is 7.08. The predicted octanol–water partition coefficient (Wildman–Crippen LogP) is 2.38. The highest BCUT2D eigenvalue weighted by atomic mass is 19.1. The Bertz CT molecular complexity index is 515. The van der Waals surface area contributed by atoms with E-state index >= 15 is 0 Å². The Hall–Kier alpha value is -2.09. The van der Waals surface area contributed by atoms with Crippen LogP contribution in [0.25, 0.3) is 0 Å². The van der Waals surface area contributed by atoms with Crippen molar-refractivity contribution < 1.29 is 13.9 Å². The molecule has 102 valence electrons. The summed E-state index contributed by atoms with van der Waals surface area (Å²) >= 11 is 0. The van der Waals surface area contributed by atoms with Gasteiger partial charge in [0.1, 0.15) is 0 Å². The third-order valence-corrected chi connectivity index (χ3v) is 2.23. The van der Waals surface area contributed by atoms with E-state index in [4.69, 9.17) is 10.00 Å². The smallest absolute Gasteiger partial charge is 0.261 e. The highest BCUT2D eigenvalue weighted by Crippen LogP contribution is 2.19. The van der Waals surface area contributed by atoms with Crippen LogP contribution < -0.4 is 10.1 Å². The van der Waals surface area contributed by atoms with Crippen molar-refractivity contribution in [1.82, 2.24) is 5.32 Å². The molecule has 0 spiro atoms. The molecule has 1 N–H and O–H groups in total. The zero-order chi connectivity index (χ0) is 14.6. The molecule has 0 heterocycles. The highest BCUT2D eigenvalue weighted by molar-refractivity contribution is 5.81. The number of carbonyl (C=O) groups is 1. The molecule has 0 bridgehead atoms. The second-order valence-electron chi connectivity index (χ2n) is 5.26. The van der Waals surface area contributed by atoms with Crippen molar-refractivity contribution in [3.05, 3.63) is 29.6 Å². The molecular formula is C14H17FN2O2. The first kappa shape index (κ1) is 15.0. The van der Waals surface area contributed by atoms with E-state index in [1.807, 2.05) is 26.8 Å². The molecule has 1 rings (SSSR count). The van der Waals surface area contributed by atoms with Gasteiger partial charge in [-0.3, -0.25) is 4.79 Å². The normalized spacial score (nSPS) is 12.4. The SMILES string of the molecule is CC(Oc1ccc(C#N)cc1F)C(=O)NC(C)(C)C. The third kappa shape index (κ3) is 4.59.